The van der Waals surface area contributed by atoms with E-state index in [1.165, 1.54) is 0 Å². The highest BCUT2D eigenvalue weighted by Crippen LogP contribution is 1.96. The van der Waals surface area contributed by atoms with Crippen LogP contribution >= 0.6 is 0 Å². The molecule has 0 saturated heterocycles. The molecule has 11 heavy (non-hydrogen) atoms. The Hall–Kier alpha value is -1.03. The molecule has 0 amide bonds. The summed E-state index contributed by atoms with van der Waals surface area (Å²) in [4.78, 5) is 14.2. The summed E-state index contributed by atoms with van der Waals surface area (Å²) in [7, 11) is 0. The summed E-state index contributed by atoms with van der Waals surface area (Å²) < 4.78 is 4.78. The van der Waals surface area contributed by atoms with Crippen LogP contribution in [0, 0.1) is 0 Å². The van der Waals surface area contributed by atoms with Crippen LogP contribution in [-0.4, -0.2) is 17.3 Å². The fourth-order valence-electron chi connectivity index (χ4n) is 0.407. The molecule has 0 aliphatic rings. The van der Waals surface area contributed by atoms with E-state index in [0.717, 1.165) is 18.8 Å². The Morgan fingerprint density at radius 2 is 2.36 bits per heavy atom. The van der Waals surface area contributed by atoms with E-state index >= 15 is 0 Å². The number of esters is 1. The normalized spacial score (nSPS) is 13.0. The first-order chi connectivity index (χ1) is 5.20. The first-order valence-corrected chi connectivity index (χ1v) is 3.38. The Balaban J connectivity index is 3.60. The van der Waals surface area contributed by atoms with Gasteiger partial charge in [0.05, 0.1) is 12.2 Å². The van der Waals surface area contributed by atoms with Gasteiger partial charge in [0.1, 0.15) is 6.26 Å². The van der Waals surface area contributed by atoms with E-state index < -0.39 is 5.97 Å². The quantitative estimate of drug-likeness (QED) is 0.221. The lowest BCUT2D eigenvalue weighted by Crippen LogP contribution is -2.11. The molecule has 4 nitrogen and oxygen atoms in total. The summed E-state index contributed by atoms with van der Waals surface area (Å²) in [6, 6.07) is 0. The van der Waals surface area contributed by atoms with Crippen LogP contribution in [0.2, 0.25) is 0 Å². The van der Waals surface area contributed by atoms with Gasteiger partial charge in [-0.15, -0.1) is 0 Å². The van der Waals surface area contributed by atoms with Crippen LogP contribution in [0.25, 0.3) is 0 Å². The average Bonchev–Trinajstić information content (AvgIpc) is 2.00. The molecule has 0 aromatic heterocycles. The molecule has 1 unspecified atom stereocenters. The Labute approximate surface area is 65.4 Å². The van der Waals surface area contributed by atoms with Crippen LogP contribution in [0.1, 0.15) is 20.3 Å². The van der Waals surface area contributed by atoms with Crippen molar-refractivity contribution in [3.63, 3.8) is 0 Å². The van der Waals surface area contributed by atoms with Crippen molar-refractivity contribution in [3.05, 3.63) is 12.3 Å². The maximum absolute atomic E-state index is 10.7. The monoisotopic (exact) mass is 160 g/mol. The number of hydrogen-bond acceptors (Lipinski definition) is 4. The fraction of sp³-hybridized carbons (Fsp3) is 0.571. The maximum atomic E-state index is 10.7. The van der Waals surface area contributed by atoms with Gasteiger partial charge >= 0.3 is 5.97 Å². The average molecular weight is 160 g/mol. The van der Waals surface area contributed by atoms with Crippen molar-refractivity contribution in [2.45, 2.75) is 26.4 Å². The molecule has 0 aliphatic carbocycles. The van der Waals surface area contributed by atoms with Gasteiger partial charge in [0.2, 0.25) is 0 Å². The van der Waals surface area contributed by atoms with Gasteiger partial charge in [0, 0.05) is 0 Å². The number of rotatable bonds is 4. The summed E-state index contributed by atoms with van der Waals surface area (Å²) in [6.45, 7) is 3.69. The van der Waals surface area contributed by atoms with E-state index in [2.05, 4.69) is 4.89 Å². The van der Waals surface area contributed by atoms with Crippen molar-refractivity contribution < 1.29 is 19.7 Å². The van der Waals surface area contributed by atoms with Crippen LogP contribution in [0.15, 0.2) is 12.3 Å². The van der Waals surface area contributed by atoms with Crippen molar-refractivity contribution >= 4 is 5.97 Å². The minimum atomic E-state index is -0.520. The molecule has 0 aliphatic heterocycles. The molecule has 64 valence electrons. The second-order valence-electron chi connectivity index (χ2n) is 2.06. The summed E-state index contributed by atoms with van der Waals surface area (Å²) in [5.41, 5.74) is 0. The third-order valence-corrected chi connectivity index (χ3v) is 1.16. The molecule has 0 bridgehead atoms. The molecular formula is C7H12O4. The predicted molar refractivity (Wildman–Crippen MR) is 38.7 cm³/mol. The number of carbonyl (C=O) groups excluding carboxylic acids is 1. The Kier molecular flexibility index (Phi) is 5.20. The van der Waals surface area contributed by atoms with E-state index in [4.69, 9.17) is 9.99 Å². The largest absolute Gasteiger partial charge is 0.459 e. The van der Waals surface area contributed by atoms with Gasteiger partial charge in [0.25, 0.3) is 0 Å². The van der Waals surface area contributed by atoms with Crippen molar-refractivity contribution in [1.82, 2.24) is 0 Å². The SMILES string of the molecule is CCC(C)OC(=O)C=COO. The molecule has 0 aromatic carbocycles. The van der Waals surface area contributed by atoms with E-state index in [1.807, 2.05) is 6.92 Å². The van der Waals surface area contributed by atoms with Crippen LogP contribution in [0.4, 0.5) is 0 Å². The van der Waals surface area contributed by atoms with E-state index in [1.54, 1.807) is 6.92 Å². The minimum absolute atomic E-state index is 0.106. The number of carbonyl (C=O) groups is 1. The molecule has 0 fully saturated rings. The molecule has 1 N–H and O–H groups in total. The van der Waals surface area contributed by atoms with E-state index in [9.17, 15) is 4.79 Å². The van der Waals surface area contributed by atoms with Gasteiger partial charge in [-0.1, -0.05) is 6.92 Å². The molecule has 4 heteroatoms. The zero-order valence-electron chi connectivity index (χ0n) is 6.61. The van der Waals surface area contributed by atoms with Gasteiger partial charge in [-0.3, -0.25) is 0 Å². The standard InChI is InChI=1S/C7H12O4/c1-3-6(2)11-7(8)4-5-10-9/h4-6,9H,3H2,1-2H3. The van der Waals surface area contributed by atoms with Crippen molar-refractivity contribution in [1.29, 1.82) is 0 Å². The van der Waals surface area contributed by atoms with Crippen molar-refractivity contribution in [2.24, 2.45) is 0 Å². The zero-order valence-corrected chi connectivity index (χ0v) is 6.61. The van der Waals surface area contributed by atoms with Gasteiger partial charge < -0.3 is 9.62 Å². The summed E-state index contributed by atoms with van der Waals surface area (Å²) in [5.74, 6) is -0.520. The second kappa shape index (κ2) is 5.73. The summed E-state index contributed by atoms with van der Waals surface area (Å²) >= 11 is 0. The Morgan fingerprint density at radius 1 is 1.73 bits per heavy atom. The molecule has 0 spiro atoms. The van der Waals surface area contributed by atoms with Gasteiger partial charge in [0.15, 0.2) is 0 Å². The van der Waals surface area contributed by atoms with Crippen molar-refractivity contribution in [2.75, 3.05) is 0 Å². The van der Waals surface area contributed by atoms with E-state index in [0.29, 0.717) is 0 Å². The zero-order chi connectivity index (χ0) is 8.69. The van der Waals surface area contributed by atoms with E-state index in [-0.39, 0.29) is 6.10 Å². The highest BCUT2D eigenvalue weighted by Gasteiger charge is 2.02. The molecule has 0 radical (unpaired) electrons. The lowest BCUT2D eigenvalue weighted by Gasteiger charge is -2.07. The molecule has 0 heterocycles. The molecule has 0 rings (SSSR count). The van der Waals surface area contributed by atoms with Crippen molar-refractivity contribution in [3.8, 4) is 0 Å². The Morgan fingerprint density at radius 3 is 2.82 bits per heavy atom. The van der Waals surface area contributed by atoms with Crippen LogP contribution in [-0.2, 0) is 14.4 Å². The molecular weight excluding hydrogens is 148 g/mol. The number of ether oxygens (including phenoxy) is 1. The lowest BCUT2D eigenvalue weighted by atomic mass is 10.3. The first-order valence-electron chi connectivity index (χ1n) is 3.38. The highest BCUT2D eigenvalue weighted by atomic mass is 17.1. The smallest absolute Gasteiger partial charge is 0.334 e. The highest BCUT2D eigenvalue weighted by molar-refractivity contribution is 5.81. The molecule has 0 saturated carbocycles. The number of hydrogen-bond donors (Lipinski definition) is 1. The van der Waals surface area contributed by atoms with Gasteiger partial charge in [-0.2, -0.15) is 0 Å². The lowest BCUT2D eigenvalue weighted by molar-refractivity contribution is -0.187. The summed E-state index contributed by atoms with van der Waals surface area (Å²) in [5, 5.41) is 7.81. The third-order valence-electron chi connectivity index (χ3n) is 1.16. The Bertz CT molecular complexity index is 141. The predicted octanol–water partition coefficient (Wildman–Crippen LogP) is 1.33. The summed E-state index contributed by atoms with van der Waals surface area (Å²) in [6.07, 6.45) is 2.52. The minimum Gasteiger partial charge on any atom is -0.459 e. The van der Waals surface area contributed by atoms with Crippen LogP contribution in [0.3, 0.4) is 0 Å². The topological polar surface area (TPSA) is 55.8 Å². The molecule has 1 atom stereocenters. The maximum Gasteiger partial charge on any atom is 0.334 e. The molecule has 0 aromatic rings. The second-order valence-corrected chi connectivity index (χ2v) is 2.06. The third kappa shape index (κ3) is 5.42. The fourth-order valence-corrected chi connectivity index (χ4v) is 0.407. The van der Waals surface area contributed by atoms with Crippen LogP contribution in [0.5, 0.6) is 0 Å². The first kappa shape index (κ1) is 9.97. The van der Waals surface area contributed by atoms with Gasteiger partial charge in [-0.05, 0) is 13.3 Å². The van der Waals surface area contributed by atoms with Crippen LogP contribution < -0.4 is 0 Å². The van der Waals surface area contributed by atoms with Gasteiger partial charge in [-0.25, -0.2) is 10.1 Å².